The summed E-state index contributed by atoms with van der Waals surface area (Å²) in [4.78, 5) is 16.1. The Balaban J connectivity index is 2.41. The van der Waals surface area contributed by atoms with Crippen molar-refractivity contribution in [3.8, 4) is 0 Å². The summed E-state index contributed by atoms with van der Waals surface area (Å²) in [7, 11) is 0. The van der Waals surface area contributed by atoms with Gasteiger partial charge in [0.15, 0.2) is 0 Å². The van der Waals surface area contributed by atoms with Crippen LogP contribution in [0.4, 0.5) is 4.39 Å². The number of nitrogens with zero attached hydrogens (tertiary/aromatic N) is 2. The van der Waals surface area contributed by atoms with E-state index in [1.807, 2.05) is 22.6 Å². The van der Waals surface area contributed by atoms with E-state index in [1.165, 1.54) is 17.0 Å². The summed E-state index contributed by atoms with van der Waals surface area (Å²) in [5, 5.41) is 0. The van der Waals surface area contributed by atoms with Crippen LogP contribution in [0.15, 0.2) is 33.8 Å². The molecule has 1 aromatic heterocycles. The van der Waals surface area contributed by atoms with Crippen molar-refractivity contribution in [1.29, 1.82) is 0 Å². The van der Waals surface area contributed by atoms with Crippen LogP contribution in [-0.2, 0) is 6.54 Å². The first kappa shape index (κ1) is 13.7. The highest BCUT2D eigenvalue weighted by atomic mass is 127. The largest absolute Gasteiger partial charge is 0.294 e. The van der Waals surface area contributed by atoms with Gasteiger partial charge in [-0.05, 0) is 41.6 Å². The third-order valence-corrected chi connectivity index (χ3v) is 4.25. The van der Waals surface area contributed by atoms with Gasteiger partial charge in [0.05, 0.1) is 22.1 Å². The van der Waals surface area contributed by atoms with Gasteiger partial charge in [-0.1, -0.05) is 22.0 Å². The molecule has 0 aliphatic rings. The molecule has 0 aliphatic heterocycles. The first-order valence-corrected chi connectivity index (χ1v) is 7.01. The molecule has 94 valence electrons. The van der Waals surface area contributed by atoms with Crippen LogP contribution in [-0.4, -0.2) is 9.55 Å². The Morgan fingerprint density at radius 3 is 2.89 bits per heavy atom. The van der Waals surface area contributed by atoms with Crippen LogP contribution in [0.25, 0.3) is 0 Å². The van der Waals surface area contributed by atoms with Crippen molar-refractivity contribution in [2.45, 2.75) is 13.5 Å². The molecule has 3 nitrogen and oxygen atoms in total. The average Bonchev–Trinajstić information content (AvgIpc) is 2.33. The highest BCUT2D eigenvalue weighted by Crippen LogP contribution is 2.16. The van der Waals surface area contributed by atoms with Crippen molar-refractivity contribution in [2.24, 2.45) is 0 Å². The molecule has 0 fully saturated rings. The fourth-order valence-corrected chi connectivity index (χ4v) is 2.27. The van der Waals surface area contributed by atoms with Gasteiger partial charge in [-0.25, -0.2) is 9.37 Å². The SMILES string of the molecule is Cc1ncn(Cc2ccc(Br)cc2F)c(=O)c1I. The molecule has 0 atom stereocenters. The van der Waals surface area contributed by atoms with Crippen LogP contribution in [0.1, 0.15) is 11.3 Å². The predicted molar refractivity (Wildman–Crippen MR) is 79.2 cm³/mol. The third kappa shape index (κ3) is 2.80. The summed E-state index contributed by atoms with van der Waals surface area (Å²) in [6.07, 6.45) is 1.45. The summed E-state index contributed by atoms with van der Waals surface area (Å²) in [5.41, 5.74) is 1.00. The zero-order chi connectivity index (χ0) is 13.3. The molecule has 0 saturated carbocycles. The number of halogens is 3. The van der Waals surface area contributed by atoms with E-state index in [4.69, 9.17) is 0 Å². The predicted octanol–water partition coefficient (Wildman–Crippen LogP) is 3.11. The highest BCUT2D eigenvalue weighted by molar-refractivity contribution is 14.1. The van der Waals surface area contributed by atoms with Crippen LogP contribution < -0.4 is 5.56 Å². The summed E-state index contributed by atoms with van der Waals surface area (Å²) >= 11 is 5.15. The van der Waals surface area contributed by atoms with Crippen molar-refractivity contribution in [1.82, 2.24) is 9.55 Å². The van der Waals surface area contributed by atoms with Crippen LogP contribution in [0.5, 0.6) is 0 Å². The fraction of sp³-hybridized carbons (Fsp3) is 0.167. The Morgan fingerprint density at radius 2 is 2.22 bits per heavy atom. The normalized spacial score (nSPS) is 10.7. The first-order valence-electron chi connectivity index (χ1n) is 5.14. The zero-order valence-corrected chi connectivity index (χ0v) is 13.2. The number of aromatic nitrogens is 2. The van der Waals surface area contributed by atoms with E-state index in [0.29, 0.717) is 19.3 Å². The minimum Gasteiger partial charge on any atom is -0.294 e. The topological polar surface area (TPSA) is 34.9 Å². The molecule has 0 bridgehead atoms. The van der Waals surface area contributed by atoms with E-state index in [0.717, 1.165) is 0 Å². The van der Waals surface area contributed by atoms with Gasteiger partial charge in [-0.2, -0.15) is 0 Å². The van der Waals surface area contributed by atoms with E-state index in [1.54, 1.807) is 19.1 Å². The Hall–Kier alpha value is -0.760. The molecule has 0 aliphatic carbocycles. The zero-order valence-electron chi connectivity index (χ0n) is 9.45. The van der Waals surface area contributed by atoms with E-state index in [2.05, 4.69) is 20.9 Å². The summed E-state index contributed by atoms with van der Waals surface area (Å²) < 4.78 is 16.3. The molecular weight excluding hydrogens is 414 g/mol. The van der Waals surface area contributed by atoms with E-state index >= 15 is 0 Å². The molecule has 18 heavy (non-hydrogen) atoms. The molecule has 0 amide bonds. The standard InChI is InChI=1S/C12H9BrFIN2O/c1-7-11(15)12(18)17(6-16-7)5-8-2-3-9(13)4-10(8)14/h2-4,6H,5H2,1H3. The molecule has 0 radical (unpaired) electrons. The Labute approximate surface area is 125 Å². The van der Waals surface area contributed by atoms with Crippen LogP contribution in [0, 0.1) is 16.3 Å². The Bertz CT molecular complexity index is 657. The first-order chi connectivity index (χ1) is 8.49. The molecule has 6 heteroatoms. The quantitative estimate of drug-likeness (QED) is 0.697. The van der Waals surface area contributed by atoms with E-state index in [9.17, 15) is 9.18 Å². The molecule has 0 saturated heterocycles. The molecule has 1 heterocycles. The molecular formula is C12H9BrFIN2O. The lowest BCUT2D eigenvalue weighted by molar-refractivity contribution is 0.592. The number of hydrogen-bond donors (Lipinski definition) is 0. The monoisotopic (exact) mass is 422 g/mol. The van der Waals surface area contributed by atoms with Crippen molar-refractivity contribution in [2.75, 3.05) is 0 Å². The maximum absolute atomic E-state index is 13.7. The second-order valence-corrected chi connectivity index (χ2v) is 5.81. The van der Waals surface area contributed by atoms with Gasteiger partial charge in [0.1, 0.15) is 5.82 Å². The van der Waals surface area contributed by atoms with Crippen molar-refractivity contribution >= 4 is 38.5 Å². The Kier molecular flexibility index (Phi) is 4.16. The maximum Gasteiger partial charge on any atom is 0.267 e. The minimum atomic E-state index is -0.341. The molecule has 0 spiro atoms. The number of aryl methyl sites for hydroxylation is 1. The van der Waals surface area contributed by atoms with Gasteiger partial charge in [-0.15, -0.1) is 0 Å². The van der Waals surface area contributed by atoms with Gasteiger partial charge in [0.25, 0.3) is 5.56 Å². The van der Waals surface area contributed by atoms with Gasteiger partial charge >= 0.3 is 0 Å². The number of hydrogen-bond acceptors (Lipinski definition) is 2. The fourth-order valence-electron chi connectivity index (χ4n) is 1.49. The lowest BCUT2D eigenvalue weighted by Gasteiger charge is -2.08. The number of rotatable bonds is 2. The van der Waals surface area contributed by atoms with Crippen LogP contribution in [0.3, 0.4) is 0 Å². The van der Waals surface area contributed by atoms with Crippen molar-refractivity contribution in [3.05, 3.63) is 60.0 Å². The molecule has 0 N–H and O–H groups in total. The second-order valence-electron chi connectivity index (χ2n) is 3.81. The minimum absolute atomic E-state index is 0.148. The smallest absolute Gasteiger partial charge is 0.267 e. The van der Waals surface area contributed by atoms with Crippen molar-refractivity contribution < 1.29 is 4.39 Å². The van der Waals surface area contributed by atoms with Crippen LogP contribution in [0.2, 0.25) is 0 Å². The third-order valence-electron chi connectivity index (χ3n) is 2.51. The van der Waals surface area contributed by atoms with Crippen LogP contribution >= 0.6 is 38.5 Å². The summed E-state index contributed by atoms with van der Waals surface area (Å²) in [6, 6.07) is 4.78. The number of benzene rings is 1. The van der Waals surface area contributed by atoms with E-state index < -0.39 is 0 Å². The van der Waals surface area contributed by atoms with E-state index in [-0.39, 0.29) is 17.9 Å². The van der Waals surface area contributed by atoms with Gasteiger partial charge in [0.2, 0.25) is 0 Å². The van der Waals surface area contributed by atoms with Gasteiger partial charge < -0.3 is 0 Å². The summed E-state index contributed by atoms with van der Waals surface area (Å²) in [5.74, 6) is -0.341. The average molecular weight is 423 g/mol. The Morgan fingerprint density at radius 1 is 1.50 bits per heavy atom. The lowest BCUT2D eigenvalue weighted by atomic mass is 10.2. The maximum atomic E-state index is 13.7. The molecule has 2 rings (SSSR count). The van der Waals surface area contributed by atoms with Gasteiger partial charge in [0, 0.05) is 10.0 Å². The van der Waals surface area contributed by atoms with Gasteiger partial charge in [-0.3, -0.25) is 9.36 Å². The molecule has 0 unspecified atom stereocenters. The molecule has 2 aromatic rings. The molecule has 1 aromatic carbocycles. The summed E-state index contributed by atoms with van der Waals surface area (Å²) in [6.45, 7) is 1.95. The lowest BCUT2D eigenvalue weighted by Crippen LogP contribution is -2.24. The van der Waals surface area contributed by atoms with Crippen molar-refractivity contribution in [3.63, 3.8) is 0 Å². The second kappa shape index (κ2) is 5.48. The highest BCUT2D eigenvalue weighted by Gasteiger charge is 2.08.